The molecular weight excluding hydrogens is 220 g/mol. The number of carbonyl (C=O) groups is 1. The first-order chi connectivity index (χ1) is 7.81. The zero-order valence-electron chi connectivity index (χ0n) is 9.23. The van der Waals surface area contributed by atoms with Crippen LogP contribution in [0.15, 0.2) is 41.0 Å². The molecule has 1 aromatic carbocycles. The van der Waals surface area contributed by atoms with Gasteiger partial charge in [-0.25, -0.2) is 0 Å². The van der Waals surface area contributed by atoms with Crippen molar-refractivity contribution in [1.82, 2.24) is 0 Å². The number of allylic oxidation sites excluding steroid dienone is 2. The van der Waals surface area contributed by atoms with E-state index in [1.54, 1.807) is 11.8 Å². The van der Waals surface area contributed by atoms with Crippen molar-refractivity contribution in [2.75, 3.05) is 12.9 Å². The van der Waals surface area contributed by atoms with Gasteiger partial charge in [-0.1, -0.05) is 0 Å². The van der Waals surface area contributed by atoms with Crippen LogP contribution in [0.5, 0.6) is 0 Å². The Hall–Kier alpha value is -1.22. The van der Waals surface area contributed by atoms with E-state index in [9.17, 15) is 4.79 Å². The van der Waals surface area contributed by atoms with Crippen LogP contribution >= 0.6 is 11.8 Å². The Bertz CT molecular complexity index is 406. The second kappa shape index (κ2) is 5.21. The topological polar surface area (TPSA) is 26.3 Å². The molecule has 0 unspecified atom stereocenters. The quantitative estimate of drug-likeness (QED) is 0.593. The lowest BCUT2D eigenvalue weighted by atomic mass is 10.1. The average Bonchev–Trinajstić information content (AvgIpc) is 2.39. The Morgan fingerprint density at radius 1 is 1.31 bits per heavy atom. The summed E-state index contributed by atoms with van der Waals surface area (Å²) in [5, 5.41) is 0. The first-order valence-corrected chi connectivity index (χ1v) is 6.55. The minimum Gasteiger partial charge on any atom is -0.490 e. The summed E-state index contributed by atoms with van der Waals surface area (Å²) in [5.41, 5.74) is 0.700. The maximum Gasteiger partial charge on any atom is 0.227 e. The number of Topliss-reactive ketones (excluding diaryl/α,β-unsaturated/α-hetero) is 1. The molecule has 1 aliphatic rings. The fraction of sp³-hybridized carbons (Fsp3) is 0.308. The summed E-state index contributed by atoms with van der Waals surface area (Å²) in [6.07, 6.45) is 5.84. The summed E-state index contributed by atoms with van der Waals surface area (Å²) in [6.45, 7) is 0.653. The predicted molar refractivity (Wildman–Crippen MR) is 65.8 cm³/mol. The van der Waals surface area contributed by atoms with Crippen molar-refractivity contribution in [1.29, 1.82) is 0 Å². The van der Waals surface area contributed by atoms with E-state index in [2.05, 4.69) is 0 Å². The Balaban J connectivity index is 2.16. The molecule has 0 aliphatic carbocycles. The van der Waals surface area contributed by atoms with Crippen LogP contribution in [0.1, 0.15) is 23.2 Å². The minimum atomic E-state index is -0.00708. The fourth-order valence-corrected chi connectivity index (χ4v) is 2.01. The number of rotatable bonds is 3. The molecule has 1 aromatic rings. The molecule has 2 rings (SSSR count). The van der Waals surface area contributed by atoms with Gasteiger partial charge in [-0.3, -0.25) is 4.79 Å². The van der Waals surface area contributed by atoms with Crippen LogP contribution in [0.25, 0.3) is 0 Å². The summed E-state index contributed by atoms with van der Waals surface area (Å²) >= 11 is 1.67. The highest BCUT2D eigenvalue weighted by atomic mass is 32.2. The molecule has 0 saturated carbocycles. The lowest BCUT2D eigenvalue weighted by molar-refractivity contribution is 0.0899. The first-order valence-electron chi connectivity index (χ1n) is 5.33. The van der Waals surface area contributed by atoms with E-state index in [0.29, 0.717) is 17.9 Å². The Kier molecular flexibility index (Phi) is 3.67. The van der Waals surface area contributed by atoms with Gasteiger partial charge in [0.1, 0.15) is 0 Å². The van der Waals surface area contributed by atoms with Crippen LogP contribution in [0, 0.1) is 0 Å². The number of ketones is 1. The van der Waals surface area contributed by atoms with Gasteiger partial charge in [-0.05, 0) is 49.4 Å². The molecule has 0 radical (unpaired) electrons. The smallest absolute Gasteiger partial charge is 0.227 e. The third kappa shape index (κ3) is 2.47. The zero-order chi connectivity index (χ0) is 11.4. The van der Waals surface area contributed by atoms with Crippen LogP contribution in [-0.4, -0.2) is 18.6 Å². The number of thioether (sulfide) groups is 1. The molecule has 1 aliphatic heterocycles. The summed E-state index contributed by atoms with van der Waals surface area (Å²) in [6, 6.07) is 7.63. The number of carbonyl (C=O) groups excluding carboxylic acids is 1. The van der Waals surface area contributed by atoms with Gasteiger partial charge in [0.05, 0.1) is 6.61 Å². The molecule has 0 amide bonds. The van der Waals surface area contributed by atoms with Crippen molar-refractivity contribution in [3.8, 4) is 0 Å². The van der Waals surface area contributed by atoms with E-state index >= 15 is 0 Å². The molecule has 2 nitrogen and oxygen atoms in total. The minimum absolute atomic E-state index is 0.00708. The van der Waals surface area contributed by atoms with Gasteiger partial charge in [0.25, 0.3) is 0 Å². The molecule has 0 aromatic heterocycles. The largest absolute Gasteiger partial charge is 0.490 e. The zero-order valence-corrected chi connectivity index (χ0v) is 10.0. The highest BCUT2D eigenvalue weighted by molar-refractivity contribution is 7.98. The average molecular weight is 234 g/mol. The van der Waals surface area contributed by atoms with E-state index in [1.807, 2.05) is 36.6 Å². The molecule has 0 bridgehead atoms. The SMILES string of the molecule is CSc1ccc(C(=O)C2=CCCCO2)cc1. The second-order valence-corrected chi connectivity index (χ2v) is 4.50. The molecule has 0 fully saturated rings. The van der Waals surface area contributed by atoms with Crippen molar-refractivity contribution in [2.45, 2.75) is 17.7 Å². The Morgan fingerprint density at radius 2 is 2.06 bits per heavy atom. The molecule has 0 spiro atoms. The molecule has 0 atom stereocenters. The third-order valence-electron chi connectivity index (χ3n) is 2.51. The van der Waals surface area contributed by atoms with Gasteiger partial charge >= 0.3 is 0 Å². The first kappa shape index (κ1) is 11.3. The Morgan fingerprint density at radius 3 is 2.62 bits per heavy atom. The lowest BCUT2D eigenvalue weighted by Crippen LogP contribution is -2.11. The predicted octanol–water partition coefficient (Wildman–Crippen LogP) is 3.29. The van der Waals surface area contributed by atoms with Crippen molar-refractivity contribution in [3.63, 3.8) is 0 Å². The molecule has 3 heteroatoms. The number of ether oxygens (including phenoxy) is 1. The summed E-state index contributed by atoms with van der Waals surface area (Å²) in [4.78, 5) is 13.2. The van der Waals surface area contributed by atoms with Crippen LogP contribution in [-0.2, 0) is 4.74 Å². The monoisotopic (exact) mass is 234 g/mol. The molecule has 0 N–H and O–H groups in total. The highest BCUT2D eigenvalue weighted by Gasteiger charge is 2.15. The van der Waals surface area contributed by atoms with Gasteiger partial charge in [-0.15, -0.1) is 11.8 Å². The fourth-order valence-electron chi connectivity index (χ4n) is 1.60. The molecule has 1 heterocycles. The Labute approximate surface area is 99.7 Å². The van der Waals surface area contributed by atoms with Gasteiger partial charge in [-0.2, -0.15) is 0 Å². The van der Waals surface area contributed by atoms with Crippen molar-refractivity contribution >= 4 is 17.5 Å². The number of benzene rings is 1. The third-order valence-corrected chi connectivity index (χ3v) is 3.26. The normalized spacial score (nSPS) is 15.2. The van der Waals surface area contributed by atoms with Crippen LogP contribution in [0.4, 0.5) is 0 Å². The van der Waals surface area contributed by atoms with Gasteiger partial charge in [0.15, 0.2) is 5.76 Å². The van der Waals surface area contributed by atoms with E-state index in [0.717, 1.165) is 17.7 Å². The van der Waals surface area contributed by atoms with Crippen molar-refractivity contribution in [2.24, 2.45) is 0 Å². The van der Waals surface area contributed by atoms with E-state index in [4.69, 9.17) is 4.74 Å². The summed E-state index contributed by atoms with van der Waals surface area (Å²) in [5.74, 6) is 0.496. The van der Waals surface area contributed by atoms with E-state index in [1.165, 1.54) is 0 Å². The maximum atomic E-state index is 12.0. The van der Waals surface area contributed by atoms with Gasteiger partial charge in [0.2, 0.25) is 5.78 Å². The van der Waals surface area contributed by atoms with Gasteiger partial charge < -0.3 is 4.74 Å². The number of hydrogen-bond donors (Lipinski definition) is 0. The summed E-state index contributed by atoms with van der Waals surface area (Å²) < 4.78 is 5.36. The van der Waals surface area contributed by atoms with Crippen molar-refractivity contribution in [3.05, 3.63) is 41.7 Å². The molecule has 0 saturated heterocycles. The van der Waals surface area contributed by atoms with Crippen LogP contribution < -0.4 is 0 Å². The lowest BCUT2D eigenvalue weighted by Gasteiger charge is -2.13. The van der Waals surface area contributed by atoms with E-state index < -0.39 is 0 Å². The molecule has 84 valence electrons. The number of hydrogen-bond acceptors (Lipinski definition) is 3. The summed E-state index contributed by atoms with van der Waals surface area (Å²) in [7, 11) is 0. The standard InChI is InChI=1S/C13H14O2S/c1-16-11-7-5-10(6-8-11)13(14)12-4-2-3-9-15-12/h4-8H,2-3,9H2,1H3. The second-order valence-electron chi connectivity index (χ2n) is 3.62. The maximum absolute atomic E-state index is 12.0. The molecule has 16 heavy (non-hydrogen) atoms. The van der Waals surface area contributed by atoms with Crippen molar-refractivity contribution < 1.29 is 9.53 Å². The molecular formula is C13H14O2S. The van der Waals surface area contributed by atoms with Crippen LogP contribution in [0.2, 0.25) is 0 Å². The highest BCUT2D eigenvalue weighted by Crippen LogP contribution is 2.19. The van der Waals surface area contributed by atoms with Crippen LogP contribution in [0.3, 0.4) is 0 Å². The van der Waals surface area contributed by atoms with E-state index in [-0.39, 0.29) is 5.78 Å². The van der Waals surface area contributed by atoms with Gasteiger partial charge in [0, 0.05) is 10.5 Å².